The third-order valence-corrected chi connectivity index (χ3v) is 3.03. The standard InChI is InChI=1S/C10H19NO2/c1-3-11(8(2)10(12)13)7-9-5-4-6-9/h8-9H,3-7H2,1-2H3,(H,12,13). The van der Waals surface area contributed by atoms with E-state index in [0.717, 1.165) is 19.0 Å². The van der Waals surface area contributed by atoms with E-state index in [2.05, 4.69) is 0 Å². The second kappa shape index (κ2) is 4.61. The smallest absolute Gasteiger partial charge is 0.320 e. The Labute approximate surface area is 79.7 Å². The molecular weight excluding hydrogens is 166 g/mol. The molecule has 13 heavy (non-hydrogen) atoms. The van der Waals surface area contributed by atoms with Crippen LogP contribution in [0.15, 0.2) is 0 Å². The summed E-state index contributed by atoms with van der Waals surface area (Å²) in [5.74, 6) is 0.0444. The number of rotatable bonds is 5. The molecule has 0 aromatic rings. The fourth-order valence-electron chi connectivity index (χ4n) is 1.72. The van der Waals surface area contributed by atoms with Crippen molar-refractivity contribution >= 4 is 5.97 Å². The molecule has 76 valence electrons. The molecule has 0 aromatic heterocycles. The Morgan fingerprint density at radius 1 is 1.62 bits per heavy atom. The average Bonchev–Trinajstić information content (AvgIpc) is 2.02. The van der Waals surface area contributed by atoms with Gasteiger partial charge in [-0.3, -0.25) is 9.69 Å². The van der Waals surface area contributed by atoms with Gasteiger partial charge in [-0.1, -0.05) is 13.3 Å². The third kappa shape index (κ3) is 2.69. The van der Waals surface area contributed by atoms with Crippen LogP contribution in [0.1, 0.15) is 33.1 Å². The number of carboxylic acids is 1. The maximum absolute atomic E-state index is 10.7. The molecule has 1 aliphatic rings. The molecule has 0 bridgehead atoms. The van der Waals surface area contributed by atoms with E-state index < -0.39 is 5.97 Å². The third-order valence-electron chi connectivity index (χ3n) is 3.03. The van der Waals surface area contributed by atoms with Crippen molar-refractivity contribution in [2.75, 3.05) is 13.1 Å². The maximum atomic E-state index is 10.7. The number of carboxylic acid groups (broad SMARTS) is 1. The van der Waals surface area contributed by atoms with Crippen LogP contribution in [0.2, 0.25) is 0 Å². The van der Waals surface area contributed by atoms with Crippen molar-refractivity contribution in [1.82, 2.24) is 4.90 Å². The Hall–Kier alpha value is -0.570. The molecule has 0 aliphatic heterocycles. The van der Waals surface area contributed by atoms with Crippen molar-refractivity contribution in [3.8, 4) is 0 Å². The number of carbonyl (C=O) groups is 1. The van der Waals surface area contributed by atoms with Gasteiger partial charge < -0.3 is 5.11 Å². The van der Waals surface area contributed by atoms with Gasteiger partial charge >= 0.3 is 5.97 Å². The van der Waals surface area contributed by atoms with E-state index in [1.165, 1.54) is 19.3 Å². The van der Waals surface area contributed by atoms with Crippen LogP contribution in [0.5, 0.6) is 0 Å². The summed E-state index contributed by atoms with van der Waals surface area (Å²) in [6.07, 6.45) is 3.88. The van der Waals surface area contributed by atoms with Gasteiger partial charge in [0.05, 0.1) is 0 Å². The van der Waals surface area contributed by atoms with Gasteiger partial charge in [-0.2, -0.15) is 0 Å². The Bertz CT molecular complexity index is 178. The van der Waals surface area contributed by atoms with Gasteiger partial charge in [0.25, 0.3) is 0 Å². The number of aliphatic carboxylic acids is 1. The summed E-state index contributed by atoms with van der Waals surface area (Å²) in [5, 5.41) is 8.85. The number of hydrogen-bond acceptors (Lipinski definition) is 2. The largest absolute Gasteiger partial charge is 0.480 e. The van der Waals surface area contributed by atoms with Gasteiger partial charge in [-0.05, 0) is 32.2 Å². The van der Waals surface area contributed by atoms with E-state index in [9.17, 15) is 4.79 Å². The zero-order valence-corrected chi connectivity index (χ0v) is 8.49. The summed E-state index contributed by atoms with van der Waals surface area (Å²) >= 11 is 0. The van der Waals surface area contributed by atoms with Crippen LogP contribution in [0.3, 0.4) is 0 Å². The van der Waals surface area contributed by atoms with Gasteiger partial charge in [-0.25, -0.2) is 0 Å². The molecule has 0 heterocycles. The minimum Gasteiger partial charge on any atom is -0.480 e. The SMILES string of the molecule is CCN(CC1CCC1)C(C)C(=O)O. The van der Waals surface area contributed by atoms with Gasteiger partial charge in [-0.15, -0.1) is 0 Å². The fraction of sp³-hybridized carbons (Fsp3) is 0.900. The number of nitrogens with zero attached hydrogens (tertiary/aromatic N) is 1. The number of hydrogen-bond donors (Lipinski definition) is 1. The lowest BCUT2D eigenvalue weighted by Gasteiger charge is -2.33. The van der Waals surface area contributed by atoms with Gasteiger partial charge in [0.15, 0.2) is 0 Å². The van der Waals surface area contributed by atoms with Crippen molar-refractivity contribution in [2.24, 2.45) is 5.92 Å². The lowest BCUT2D eigenvalue weighted by molar-refractivity contribution is -0.142. The Morgan fingerprint density at radius 3 is 2.54 bits per heavy atom. The maximum Gasteiger partial charge on any atom is 0.320 e. The summed E-state index contributed by atoms with van der Waals surface area (Å²) < 4.78 is 0. The van der Waals surface area contributed by atoms with Crippen molar-refractivity contribution in [3.63, 3.8) is 0 Å². The predicted molar refractivity (Wildman–Crippen MR) is 51.7 cm³/mol. The molecule has 3 nitrogen and oxygen atoms in total. The van der Waals surface area contributed by atoms with E-state index in [0.29, 0.717) is 0 Å². The van der Waals surface area contributed by atoms with Crippen molar-refractivity contribution < 1.29 is 9.90 Å². The highest BCUT2D eigenvalue weighted by Crippen LogP contribution is 2.27. The van der Waals surface area contributed by atoms with Crippen LogP contribution in [0, 0.1) is 5.92 Å². The molecule has 3 heteroatoms. The van der Waals surface area contributed by atoms with Gasteiger partial charge in [0.2, 0.25) is 0 Å². The zero-order chi connectivity index (χ0) is 9.84. The molecule has 0 spiro atoms. The molecule has 0 saturated heterocycles. The first-order valence-electron chi connectivity index (χ1n) is 5.12. The molecule has 0 aromatic carbocycles. The van der Waals surface area contributed by atoms with Crippen molar-refractivity contribution in [1.29, 1.82) is 0 Å². The first-order chi connectivity index (χ1) is 6.15. The van der Waals surface area contributed by atoms with E-state index in [4.69, 9.17) is 5.11 Å². The molecule has 1 aliphatic carbocycles. The van der Waals surface area contributed by atoms with Crippen LogP contribution in [-0.4, -0.2) is 35.1 Å². The lowest BCUT2D eigenvalue weighted by atomic mass is 9.85. The minimum atomic E-state index is -0.707. The van der Waals surface area contributed by atoms with Gasteiger partial charge in [0.1, 0.15) is 6.04 Å². The molecule has 1 fully saturated rings. The highest BCUT2D eigenvalue weighted by atomic mass is 16.4. The summed E-state index contributed by atoms with van der Waals surface area (Å²) in [6.45, 7) is 5.59. The molecule has 1 rings (SSSR count). The minimum absolute atomic E-state index is 0.328. The average molecular weight is 185 g/mol. The molecule has 1 unspecified atom stereocenters. The van der Waals surface area contributed by atoms with Crippen LogP contribution in [0.4, 0.5) is 0 Å². The van der Waals surface area contributed by atoms with E-state index >= 15 is 0 Å². The topological polar surface area (TPSA) is 40.5 Å². The van der Waals surface area contributed by atoms with Gasteiger partial charge in [0, 0.05) is 6.54 Å². The molecule has 1 atom stereocenters. The van der Waals surface area contributed by atoms with Crippen LogP contribution >= 0.6 is 0 Å². The summed E-state index contributed by atoms with van der Waals surface area (Å²) in [6, 6.07) is -0.328. The monoisotopic (exact) mass is 185 g/mol. The summed E-state index contributed by atoms with van der Waals surface area (Å²) in [5.41, 5.74) is 0. The molecule has 0 radical (unpaired) electrons. The first kappa shape index (κ1) is 10.5. The van der Waals surface area contributed by atoms with Crippen LogP contribution in [0.25, 0.3) is 0 Å². The van der Waals surface area contributed by atoms with Crippen LogP contribution in [-0.2, 0) is 4.79 Å². The van der Waals surface area contributed by atoms with E-state index in [1.54, 1.807) is 6.92 Å². The predicted octanol–water partition coefficient (Wildman–Crippen LogP) is 1.58. The van der Waals surface area contributed by atoms with Crippen LogP contribution < -0.4 is 0 Å². The Morgan fingerprint density at radius 2 is 2.23 bits per heavy atom. The normalized spacial score (nSPS) is 19.9. The number of likely N-dealkylation sites (N-methyl/N-ethyl adjacent to an activating group) is 1. The molecule has 1 saturated carbocycles. The Kier molecular flexibility index (Phi) is 3.72. The van der Waals surface area contributed by atoms with E-state index in [1.807, 2.05) is 11.8 Å². The van der Waals surface area contributed by atoms with E-state index in [-0.39, 0.29) is 6.04 Å². The second-order valence-electron chi connectivity index (χ2n) is 3.90. The molecule has 1 N–H and O–H groups in total. The fourth-order valence-corrected chi connectivity index (χ4v) is 1.72. The lowest BCUT2D eigenvalue weighted by Crippen LogP contribution is -2.42. The van der Waals surface area contributed by atoms with Crippen molar-refractivity contribution in [3.05, 3.63) is 0 Å². The molecule has 0 amide bonds. The summed E-state index contributed by atoms with van der Waals surface area (Å²) in [4.78, 5) is 12.8. The summed E-state index contributed by atoms with van der Waals surface area (Å²) in [7, 11) is 0. The quantitative estimate of drug-likeness (QED) is 0.707. The highest BCUT2D eigenvalue weighted by molar-refractivity contribution is 5.72. The van der Waals surface area contributed by atoms with Crippen molar-refractivity contribution in [2.45, 2.75) is 39.2 Å². The highest BCUT2D eigenvalue weighted by Gasteiger charge is 2.25. The zero-order valence-electron chi connectivity index (χ0n) is 8.49. The first-order valence-corrected chi connectivity index (χ1v) is 5.12. The second-order valence-corrected chi connectivity index (χ2v) is 3.90. The molecular formula is C10H19NO2. The Balaban J connectivity index is 2.36.